The van der Waals surface area contributed by atoms with Crippen molar-refractivity contribution in [3.63, 3.8) is 0 Å². The number of para-hydroxylation sites is 1. The summed E-state index contributed by atoms with van der Waals surface area (Å²) in [5.74, 6) is -0.683. The number of hydrogen-bond donors (Lipinski definition) is 1. The van der Waals surface area contributed by atoms with Crippen molar-refractivity contribution >= 4 is 5.95 Å². The number of alkyl halides is 6. The Kier molecular flexibility index (Phi) is 5.33. The molecule has 142 valence electrons. The number of benzene rings is 1. The van der Waals surface area contributed by atoms with Gasteiger partial charge in [-0.2, -0.15) is 26.3 Å². The lowest BCUT2D eigenvalue weighted by molar-refractivity contribution is -0.141. The van der Waals surface area contributed by atoms with Crippen molar-refractivity contribution in [2.24, 2.45) is 0 Å². The second kappa shape index (κ2) is 7.00. The van der Waals surface area contributed by atoms with Crippen molar-refractivity contribution in [1.82, 2.24) is 9.97 Å². The molecule has 1 aromatic heterocycles. The predicted molar refractivity (Wildman–Crippen MR) is 81.7 cm³/mol. The smallest absolute Gasteiger partial charge is 0.433 e. The predicted octanol–water partition coefficient (Wildman–Crippen LogP) is 4.78. The third kappa shape index (κ3) is 5.24. The van der Waals surface area contributed by atoms with Gasteiger partial charge in [0.15, 0.2) is 0 Å². The lowest BCUT2D eigenvalue weighted by atomic mass is 10.1. The van der Waals surface area contributed by atoms with Crippen molar-refractivity contribution in [3.8, 4) is 5.75 Å². The Bertz CT molecular complexity index is 758. The van der Waals surface area contributed by atoms with E-state index in [4.69, 9.17) is 4.74 Å². The monoisotopic (exact) mass is 379 g/mol. The van der Waals surface area contributed by atoms with Crippen LogP contribution < -0.4 is 10.1 Å². The highest BCUT2D eigenvalue weighted by molar-refractivity contribution is 5.36. The lowest BCUT2D eigenvalue weighted by Gasteiger charge is -2.27. The molecule has 0 saturated heterocycles. The molecule has 26 heavy (non-hydrogen) atoms. The van der Waals surface area contributed by atoms with Crippen LogP contribution in [0.2, 0.25) is 0 Å². The number of hydrogen-bond acceptors (Lipinski definition) is 4. The summed E-state index contributed by atoms with van der Waals surface area (Å²) in [6.45, 7) is 2.80. The molecule has 0 aliphatic heterocycles. The highest BCUT2D eigenvalue weighted by Crippen LogP contribution is 2.36. The lowest BCUT2D eigenvalue weighted by Crippen LogP contribution is -2.38. The fourth-order valence-corrected chi connectivity index (χ4v) is 2.00. The van der Waals surface area contributed by atoms with Crippen LogP contribution in [0.1, 0.15) is 25.1 Å². The third-order valence-electron chi connectivity index (χ3n) is 3.18. The van der Waals surface area contributed by atoms with Crippen LogP contribution >= 0.6 is 0 Å². The van der Waals surface area contributed by atoms with Crippen molar-refractivity contribution in [3.05, 3.63) is 47.8 Å². The zero-order valence-electron chi connectivity index (χ0n) is 13.7. The van der Waals surface area contributed by atoms with Gasteiger partial charge in [-0.15, -0.1) is 0 Å². The minimum atomic E-state index is -4.63. The molecule has 2 rings (SSSR count). The van der Waals surface area contributed by atoms with E-state index in [1.165, 1.54) is 32.0 Å². The molecule has 1 aromatic carbocycles. The molecule has 10 heteroatoms. The molecule has 0 spiro atoms. The van der Waals surface area contributed by atoms with Crippen LogP contribution in [0.4, 0.5) is 32.3 Å². The summed E-state index contributed by atoms with van der Waals surface area (Å²) >= 11 is 0. The summed E-state index contributed by atoms with van der Waals surface area (Å²) < 4.78 is 82.1. The summed E-state index contributed by atoms with van der Waals surface area (Å²) in [5.41, 5.74) is -3.11. The van der Waals surface area contributed by atoms with Crippen LogP contribution in [-0.2, 0) is 12.4 Å². The van der Waals surface area contributed by atoms with E-state index < -0.39 is 29.1 Å². The van der Waals surface area contributed by atoms with E-state index in [0.29, 0.717) is 6.07 Å². The Morgan fingerprint density at radius 2 is 1.62 bits per heavy atom. The first-order valence-electron chi connectivity index (χ1n) is 7.36. The highest BCUT2D eigenvalue weighted by Gasteiger charge is 2.35. The summed E-state index contributed by atoms with van der Waals surface area (Å²) in [6, 6.07) is 5.38. The van der Waals surface area contributed by atoms with E-state index in [1.807, 2.05) is 0 Å². The number of nitrogens with zero attached hydrogens (tertiary/aromatic N) is 2. The Hall–Kier alpha value is -2.52. The van der Waals surface area contributed by atoms with Gasteiger partial charge in [0.25, 0.3) is 0 Å². The number of ether oxygens (including phenoxy) is 1. The quantitative estimate of drug-likeness (QED) is 0.760. The molecule has 0 fully saturated rings. The fraction of sp³-hybridized carbons (Fsp3) is 0.375. The van der Waals surface area contributed by atoms with Crippen molar-refractivity contribution in [2.45, 2.75) is 31.7 Å². The van der Waals surface area contributed by atoms with Gasteiger partial charge in [0.1, 0.15) is 18.1 Å². The van der Waals surface area contributed by atoms with Gasteiger partial charge in [-0.05, 0) is 32.0 Å². The van der Waals surface area contributed by atoms with Gasteiger partial charge < -0.3 is 10.1 Å². The van der Waals surface area contributed by atoms with Crippen LogP contribution in [0.15, 0.2) is 36.5 Å². The number of halogens is 6. The molecule has 0 bridgehead atoms. The molecule has 0 unspecified atom stereocenters. The first-order valence-corrected chi connectivity index (χ1v) is 7.36. The van der Waals surface area contributed by atoms with Gasteiger partial charge in [-0.25, -0.2) is 9.97 Å². The molecule has 1 N–H and O–H groups in total. The third-order valence-corrected chi connectivity index (χ3v) is 3.18. The van der Waals surface area contributed by atoms with Crippen molar-refractivity contribution in [1.29, 1.82) is 0 Å². The molecule has 1 heterocycles. The van der Waals surface area contributed by atoms with Crippen molar-refractivity contribution < 1.29 is 31.1 Å². The van der Waals surface area contributed by atoms with Gasteiger partial charge in [0.2, 0.25) is 5.95 Å². The summed E-state index contributed by atoms with van der Waals surface area (Å²) in [5, 5.41) is 2.63. The molecule has 0 atom stereocenters. The van der Waals surface area contributed by atoms with Gasteiger partial charge in [0, 0.05) is 6.20 Å². The number of rotatable bonds is 5. The number of aromatic nitrogens is 2. The maximum Gasteiger partial charge on any atom is 0.433 e. The van der Waals surface area contributed by atoms with E-state index in [0.717, 1.165) is 12.3 Å². The summed E-state index contributed by atoms with van der Waals surface area (Å²) in [4.78, 5) is 7.05. The molecule has 0 amide bonds. The molecule has 4 nitrogen and oxygen atoms in total. The average molecular weight is 379 g/mol. The van der Waals surface area contributed by atoms with Gasteiger partial charge in [-0.3, -0.25) is 0 Å². The standard InChI is InChI=1S/C16H15F6N3O/c1-14(2,25-13-23-8-7-12(24-13)16(20,21)22)9-26-11-6-4-3-5-10(11)15(17,18)19/h3-8H,9H2,1-2H3,(H,23,24,25). The zero-order chi connectivity index (χ0) is 19.6. The Morgan fingerprint density at radius 1 is 0.962 bits per heavy atom. The van der Waals surface area contributed by atoms with E-state index in [9.17, 15) is 26.3 Å². The maximum atomic E-state index is 12.9. The summed E-state index contributed by atoms with van der Waals surface area (Å²) in [7, 11) is 0. The van der Waals surface area contributed by atoms with Crippen LogP contribution in [0.3, 0.4) is 0 Å². The first-order chi connectivity index (χ1) is 11.9. The van der Waals surface area contributed by atoms with E-state index >= 15 is 0 Å². The molecule has 0 aliphatic carbocycles. The van der Waals surface area contributed by atoms with Crippen LogP contribution in [0.25, 0.3) is 0 Å². The zero-order valence-corrected chi connectivity index (χ0v) is 13.7. The van der Waals surface area contributed by atoms with Gasteiger partial charge in [-0.1, -0.05) is 12.1 Å². The Balaban J connectivity index is 2.11. The minimum absolute atomic E-state index is 0.264. The molecule has 0 saturated carbocycles. The molecule has 0 radical (unpaired) electrons. The van der Waals surface area contributed by atoms with Crippen LogP contribution in [-0.4, -0.2) is 22.1 Å². The second-order valence-electron chi connectivity index (χ2n) is 6.05. The number of nitrogens with one attached hydrogen (secondary N) is 1. The maximum absolute atomic E-state index is 12.9. The van der Waals surface area contributed by atoms with Crippen LogP contribution in [0.5, 0.6) is 5.75 Å². The normalized spacial score (nSPS) is 12.8. The molecule has 2 aromatic rings. The summed E-state index contributed by atoms with van der Waals surface area (Å²) in [6.07, 6.45) is -8.28. The van der Waals surface area contributed by atoms with E-state index in [2.05, 4.69) is 15.3 Å². The number of anilines is 1. The average Bonchev–Trinajstić information content (AvgIpc) is 2.51. The molecule has 0 aliphatic rings. The van der Waals surface area contributed by atoms with Gasteiger partial charge >= 0.3 is 12.4 Å². The first kappa shape index (κ1) is 19.8. The largest absolute Gasteiger partial charge is 0.491 e. The fourth-order valence-electron chi connectivity index (χ4n) is 2.00. The highest BCUT2D eigenvalue weighted by atomic mass is 19.4. The second-order valence-corrected chi connectivity index (χ2v) is 6.05. The topological polar surface area (TPSA) is 47.0 Å². The minimum Gasteiger partial charge on any atom is -0.491 e. The SMILES string of the molecule is CC(C)(COc1ccccc1C(F)(F)F)Nc1nccc(C(F)(F)F)n1. The van der Waals surface area contributed by atoms with E-state index in [1.54, 1.807) is 0 Å². The van der Waals surface area contributed by atoms with Gasteiger partial charge in [0.05, 0.1) is 11.1 Å². The van der Waals surface area contributed by atoms with Crippen molar-refractivity contribution in [2.75, 3.05) is 11.9 Å². The Labute approximate surface area is 145 Å². The molecular weight excluding hydrogens is 364 g/mol. The van der Waals surface area contributed by atoms with Crippen LogP contribution in [0, 0.1) is 0 Å². The molecular formula is C16H15F6N3O. The Morgan fingerprint density at radius 3 is 2.23 bits per heavy atom. The van der Waals surface area contributed by atoms with E-state index in [-0.39, 0.29) is 18.3 Å².